The number of nitrogens with zero attached hydrogens (tertiary/aromatic N) is 1. The second-order valence-electron chi connectivity index (χ2n) is 3.51. The van der Waals surface area contributed by atoms with Crippen LogP contribution in [0.4, 0.5) is 11.4 Å². The van der Waals surface area contributed by atoms with Crippen LogP contribution in [0.2, 0.25) is 0 Å². The van der Waals surface area contributed by atoms with Crippen molar-refractivity contribution in [3.63, 3.8) is 0 Å². The molecule has 2 heterocycles. The van der Waals surface area contributed by atoms with Gasteiger partial charge in [-0.25, -0.2) is 0 Å². The Morgan fingerprint density at radius 2 is 1.81 bits per heavy atom. The highest BCUT2D eigenvalue weighted by Gasteiger charge is 2.02. The lowest BCUT2D eigenvalue weighted by Gasteiger charge is -2.03. The Kier molecular flexibility index (Phi) is 2.31. The second-order valence-corrected chi connectivity index (χ2v) is 4.42. The van der Waals surface area contributed by atoms with Crippen LogP contribution in [0.25, 0.3) is 10.1 Å². The van der Waals surface area contributed by atoms with Crippen molar-refractivity contribution in [2.45, 2.75) is 0 Å². The number of hydrogen-bond donors (Lipinski definition) is 1. The molecule has 0 fully saturated rings. The maximum absolute atomic E-state index is 4.00. The summed E-state index contributed by atoms with van der Waals surface area (Å²) >= 11 is 1.76. The van der Waals surface area contributed by atoms with E-state index in [0.717, 1.165) is 11.4 Å². The third-order valence-electron chi connectivity index (χ3n) is 2.44. The molecule has 78 valence electrons. The fraction of sp³-hybridized carbons (Fsp3) is 0. The van der Waals surface area contributed by atoms with Gasteiger partial charge in [-0.2, -0.15) is 0 Å². The third kappa shape index (κ3) is 1.66. The van der Waals surface area contributed by atoms with E-state index < -0.39 is 0 Å². The molecule has 0 bridgehead atoms. The molecule has 0 radical (unpaired) electrons. The van der Waals surface area contributed by atoms with Crippen molar-refractivity contribution in [3.05, 3.63) is 54.2 Å². The molecule has 0 amide bonds. The van der Waals surface area contributed by atoms with Gasteiger partial charge in [0.05, 0.1) is 5.69 Å². The minimum absolute atomic E-state index is 1.07. The zero-order chi connectivity index (χ0) is 10.8. The molecule has 0 saturated heterocycles. The summed E-state index contributed by atoms with van der Waals surface area (Å²) < 4.78 is 1.30. The molecule has 0 saturated carbocycles. The van der Waals surface area contributed by atoms with Crippen LogP contribution in [0.1, 0.15) is 0 Å². The molecule has 3 rings (SSSR count). The molecule has 0 unspecified atom stereocenters. The normalized spacial score (nSPS) is 10.5. The molecule has 0 aliphatic heterocycles. The lowest BCUT2D eigenvalue weighted by molar-refractivity contribution is 1.33. The molecule has 0 atom stereocenters. The molecule has 3 heteroatoms. The predicted molar refractivity (Wildman–Crippen MR) is 69.3 cm³/mol. The highest BCUT2D eigenvalue weighted by molar-refractivity contribution is 7.17. The van der Waals surface area contributed by atoms with Crippen LogP contribution >= 0.6 is 11.3 Å². The summed E-state index contributed by atoms with van der Waals surface area (Å²) in [7, 11) is 0. The topological polar surface area (TPSA) is 24.9 Å². The van der Waals surface area contributed by atoms with Gasteiger partial charge in [-0.05, 0) is 18.2 Å². The first-order valence-corrected chi connectivity index (χ1v) is 5.95. The van der Waals surface area contributed by atoms with Crippen molar-refractivity contribution < 1.29 is 0 Å². The van der Waals surface area contributed by atoms with Crippen molar-refractivity contribution in [2.75, 3.05) is 5.32 Å². The maximum Gasteiger partial charge on any atom is 0.0572 e. The lowest BCUT2D eigenvalue weighted by Crippen LogP contribution is -1.88. The molecule has 0 aliphatic rings. The first kappa shape index (κ1) is 9.36. The number of benzene rings is 1. The summed E-state index contributed by atoms with van der Waals surface area (Å²) in [4.78, 5) is 4.00. The van der Waals surface area contributed by atoms with Gasteiger partial charge in [0.1, 0.15) is 0 Å². The molecular formula is C13H10N2S. The van der Waals surface area contributed by atoms with Crippen LogP contribution in [-0.4, -0.2) is 4.98 Å². The smallest absolute Gasteiger partial charge is 0.0572 e. The summed E-state index contributed by atoms with van der Waals surface area (Å²) in [5.74, 6) is 0. The Bertz CT molecular complexity index is 601. The molecular weight excluding hydrogens is 216 g/mol. The SMILES string of the molecule is c1ccc2c(Nc3ccncc3)csc2c1. The predicted octanol–water partition coefficient (Wildman–Crippen LogP) is 4.04. The molecule has 0 spiro atoms. The van der Waals surface area contributed by atoms with Gasteiger partial charge in [-0.1, -0.05) is 18.2 Å². The van der Waals surface area contributed by atoms with Gasteiger partial charge in [-0.3, -0.25) is 4.98 Å². The zero-order valence-electron chi connectivity index (χ0n) is 8.55. The Morgan fingerprint density at radius 1 is 1.00 bits per heavy atom. The van der Waals surface area contributed by atoms with Gasteiger partial charge in [0.2, 0.25) is 0 Å². The number of hydrogen-bond acceptors (Lipinski definition) is 3. The molecule has 0 aliphatic carbocycles. The van der Waals surface area contributed by atoms with E-state index in [9.17, 15) is 0 Å². The summed E-state index contributed by atoms with van der Waals surface area (Å²) in [6.07, 6.45) is 3.58. The monoisotopic (exact) mass is 226 g/mol. The number of nitrogens with one attached hydrogen (secondary N) is 1. The van der Waals surface area contributed by atoms with Crippen LogP contribution in [0, 0.1) is 0 Å². The summed E-state index contributed by atoms with van der Waals surface area (Å²) in [6, 6.07) is 12.3. The summed E-state index contributed by atoms with van der Waals surface area (Å²) in [6.45, 7) is 0. The van der Waals surface area contributed by atoms with E-state index in [1.807, 2.05) is 12.1 Å². The Balaban J connectivity index is 2.01. The van der Waals surface area contributed by atoms with Gasteiger partial charge in [0.15, 0.2) is 0 Å². The first-order valence-electron chi connectivity index (χ1n) is 5.07. The van der Waals surface area contributed by atoms with Crippen molar-refractivity contribution in [3.8, 4) is 0 Å². The molecule has 2 aromatic heterocycles. The average Bonchev–Trinajstić information content (AvgIpc) is 2.74. The van der Waals surface area contributed by atoms with Gasteiger partial charge < -0.3 is 5.32 Å². The molecule has 1 aromatic carbocycles. The summed E-state index contributed by atoms with van der Waals surface area (Å²) in [5, 5.41) is 6.81. The molecule has 16 heavy (non-hydrogen) atoms. The average molecular weight is 226 g/mol. The third-order valence-corrected chi connectivity index (χ3v) is 3.40. The molecule has 1 N–H and O–H groups in total. The van der Waals surface area contributed by atoms with Crippen LogP contribution < -0.4 is 5.32 Å². The van der Waals surface area contributed by atoms with E-state index in [1.54, 1.807) is 23.7 Å². The van der Waals surface area contributed by atoms with E-state index in [2.05, 4.69) is 39.9 Å². The quantitative estimate of drug-likeness (QED) is 0.713. The van der Waals surface area contributed by atoms with Crippen LogP contribution in [0.3, 0.4) is 0 Å². The van der Waals surface area contributed by atoms with Crippen molar-refractivity contribution >= 4 is 32.8 Å². The van der Waals surface area contributed by atoms with Gasteiger partial charge in [-0.15, -0.1) is 11.3 Å². The fourth-order valence-corrected chi connectivity index (χ4v) is 2.56. The highest BCUT2D eigenvalue weighted by atomic mass is 32.1. The zero-order valence-corrected chi connectivity index (χ0v) is 9.37. The largest absolute Gasteiger partial charge is 0.354 e. The number of thiophene rings is 1. The number of aromatic nitrogens is 1. The number of fused-ring (bicyclic) bond motifs is 1. The Morgan fingerprint density at radius 3 is 2.69 bits per heavy atom. The van der Waals surface area contributed by atoms with E-state index in [4.69, 9.17) is 0 Å². The maximum atomic E-state index is 4.00. The fourth-order valence-electron chi connectivity index (χ4n) is 1.67. The first-order chi connectivity index (χ1) is 7.93. The lowest BCUT2D eigenvalue weighted by atomic mass is 10.2. The minimum Gasteiger partial charge on any atom is -0.354 e. The second kappa shape index (κ2) is 3.94. The van der Waals surface area contributed by atoms with Crippen molar-refractivity contribution in [1.29, 1.82) is 0 Å². The summed E-state index contributed by atoms with van der Waals surface area (Å²) in [5.41, 5.74) is 2.23. The minimum atomic E-state index is 1.07. The van der Waals surface area contributed by atoms with Gasteiger partial charge in [0, 0.05) is 33.5 Å². The number of anilines is 2. The van der Waals surface area contributed by atoms with E-state index >= 15 is 0 Å². The van der Waals surface area contributed by atoms with Gasteiger partial charge >= 0.3 is 0 Å². The number of rotatable bonds is 2. The van der Waals surface area contributed by atoms with Gasteiger partial charge in [0.25, 0.3) is 0 Å². The van der Waals surface area contributed by atoms with Crippen molar-refractivity contribution in [2.24, 2.45) is 0 Å². The highest BCUT2D eigenvalue weighted by Crippen LogP contribution is 2.31. The van der Waals surface area contributed by atoms with E-state index in [1.165, 1.54) is 10.1 Å². The van der Waals surface area contributed by atoms with E-state index in [-0.39, 0.29) is 0 Å². The number of pyridine rings is 1. The van der Waals surface area contributed by atoms with Crippen LogP contribution in [0.5, 0.6) is 0 Å². The van der Waals surface area contributed by atoms with Crippen LogP contribution in [0.15, 0.2) is 54.2 Å². The molecule has 3 aromatic rings. The van der Waals surface area contributed by atoms with E-state index in [0.29, 0.717) is 0 Å². The Hall–Kier alpha value is -1.87. The van der Waals surface area contributed by atoms with Crippen molar-refractivity contribution in [1.82, 2.24) is 4.98 Å². The molecule has 2 nitrogen and oxygen atoms in total. The standard InChI is InChI=1S/C13H10N2S/c1-2-4-13-11(3-1)12(9-16-13)15-10-5-7-14-8-6-10/h1-9H,(H,14,15). The Labute approximate surface area is 97.6 Å². The van der Waals surface area contributed by atoms with Crippen LogP contribution in [-0.2, 0) is 0 Å².